The molecule has 1 saturated carbocycles. The van der Waals surface area contributed by atoms with E-state index < -0.39 is 10.0 Å². The molecular formula is C20H21ClN2O4S. The number of sulfonamides is 1. The third-order valence-electron chi connectivity index (χ3n) is 5.38. The standard InChI is InChI=1S/C20H21ClN2O4S/c1-27-19-8-5-15(12-17(19)21)22-28(25,26)16-6-7-18-14(11-16)9-10-23(18)20(24)13-3-2-4-13/h5-8,11-13,22H,2-4,9-10H2,1H3. The summed E-state index contributed by atoms with van der Waals surface area (Å²) in [6.45, 7) is 0.607. The second-order valence-electron chi connectivity index (χ2n) is 7.11. The highest BCUT2D eigenvalue weighted by Crippen LogP contribution is 2.36. The van der Waals surface area contributed by atoms with E-state index >= 15 is 0 Å². The second-order valence-corrected chi connectivity index (χ2v) is 9.20. The molecule has 1 amide bonds. The summed E-state index contributed by atoms with van der Waals surface area (Å²) in [7, 11) is -2.28. The summed E-state index contributed by atoms with van der Waals surface area (Å²) in [5.41, 5.74) is 2.06. The minimum atomic E-state index is -3.77. The van der Waals surface area contributed by atoms with Gasteiger partial charge in [-0.25, -0.2) is 8.42 Å². The average molecular weight is 421 g/mol. The fourth-order valence-electron chi connectivity index (χ4n) is 3.59. The van der Waals surface area contributed by atoms with Crippen molar-refractivity contribution in [3.05, 3.63) is 47.0 Å². The number of halogens is 1. The van der Waals surface area contributed by atoms with Gasteiger partial charge in [-0.3, -0.25) is 9.52 Å². The van der Waals surface area contributed by atoms with Crippen LogP contribution in [0.25, 0.3) is 0 Å². The number of amides is 1. The Bertz CT molecular complexity index is 1030. The van der Waals surface area contributed by atoms with Gasteiger partial charge < -0.3 is 9.64 Å². The van der Waals surface area contributed by atoms with Crippen LogP contribution in [0.2, 0.25) is 5.02 Å². The summed E-state index contributed by atoms with van der Waals surface area (Å²) in [5.74, 6) is 0.751. The van der Waals surface area contributed by atoms with E-state index in [1.807, 2.05) is 0 Å². The predicted molar refractivity (Wildman–Crippen MR) is 109 cm³/mol. The van der Waals surface area contributed by atoms with Crippen molar-refractivity contribution in [2.75, 3.05) is 23.3 Å². The molecule has 2 aromatic rings. The van der Waals surface area contributed by atoms with Crippen LogP contribution >= 0.6 is 11.6 Å². The van der Waals surface area contributed by atoms with Gasteiger partial charge in [-0.15, -0.1) is 0 Å². The third kappa shape index (κ3) is 3.44. The number of carbonyl (C=O) groups is 1. The maximum Gasteiger partial charge on any atom is 0.261 e. The van der Waals surface area contributed by atoms with Crippen molar-refractivity contribution in [3.63, 3.8) is 0 Å². The number of nitrogens with one attached hydrogen (secondary N) is 1. The van der Waals surface area contributed by atoms with Gasteiger partial charge in [0, 0.05) is 18.2 Å². The molecule has 0 aromatic heterocycles. The lowest BCUT2D eigenvalue weighted by Gasteiger charge is -2.29. The lowest BCUT2D eigenvalue weighted by molar-refractivity contribution is -0.124. The van der Waals surface area contributed by atoms with Gasteiger partial charge in [-0.2, -0.15) is 0 Å². The number of carbonyl (C=O) groups excluding carboxylic acids is 1. The van der Waals surface area contributed by atoms with Crippen molar-refractivity contribution < 1.29 is 17.9 Å². The van der Waals surface area contributed by atoms with E-state index in [1.54, 1.807) is 35.2 Å². The summed E-state index contributed by atoms with van der Waals surface area (Å²) in [4.78, 5) is 14.5. The fourth-order valence-corrected chi connectivity index (χ4v) is 4.95. The monoisotopic (exact) mass is 420 g/mol. The molecule has 148 valence electrons. The number of hydrogen-bond acceptors (Lipinski definition) is 4. The first-order valence-corrected chi connectivity index (χ1v) is 11.1. The Hall–Kier alpha value is -2.25. The maximum absolute atomic E-state index is 12.8. The number of benzene rings is 2. The fraction of sp³-hybridized carbons (Fsp3) is 0.350. The third-order valence-corrected chi connectivity index (χ3v) is 7.06. The molecule has 6 nitrogen and oxygen atoms in total. The first-order valence-electron chi connectivity index (χ1n) is 9.20. The SMILES string of the molecule is COc1ccc(NS(=O)(=O)c2ccc3c(c2)CCN3C(=O)C2CCC2)cc1Cl. The van der Waals surface area contributed by atoms with Crippen LogP contribution in [0.5, 0.6) is 5.75 Å². The zero-order valence-electron chi connectivity index (χ0n) is 15.4. The number of hydrogen-bond donors (Lipinski definition) is 1. The molecule has 1 fully saturated rings. The summed E-state index contributed by atoms with van der Waals surface area (Å²) in [6, 6.07) is 9.62. The van der Waals surface area contributed by atoms with Crippen molar-refractivity contribution in [2.24, 2.45) is 5.92 Å². The van der Waals surface area contributed by atoms with Crippen molar-refractivity contribution in [2.45, 2.75) is 30.6 Å². The molecule has 0 saturated heterocycles. The molecule has 4 rings (SSSR count). The predicted octanol–water partition coefficient (Wildman–Crippen LogP) is 3.84. The van der Waals surface area contributed by atoms with Crippen LogP contribution in [0.1, 0.15) is 24.8 Å². The van der Waals surface area contributed by atoms with Gasteiger partial charge in [0.2, 0.25) is 5.91 Å². The highest BCUT2D eigenvalue weighted by Gasteiger charge is 2.33. The summed E-state index contributed by atoms with van der Waals surface area (Å²) < 4.78 is 33.2. The first kappa shape index (κ1) is 19.1. The van der Waals surface area contributed by atoms with Gasteiger partial charge in [-0.1, -0.05) is 18.0 Å². The van der Waals surface area contributed by atoms with Crippen LogP contribution in [0.3, 0.4) is 0 Å². The van der Waals surface area contributed by atoms with Crippen LogP contribution in [0.4, 0.5) is 11.4 Å². The molecule has 0 unspecified atom stereocenters. The van der Waals surface area contributed by atoms with E-state index in [-0.39, 0.29) is 16.7 Å². The average Bonchev–Trinajstić information content (AvgIpc) is 3.03. The van der Waals surface area contributed by atoms with Gasteiger partial charge in [0.25, 0.3) is 10.0 Å². The van der Waals surface area contributed by atoms with Crippen molar-refractivity contribution in [1.82, 2.24) is 0 Å². The van der Waals surface area contributed by atoms with Crippen LogP contribution < -0.4 is 14.4 Å². The molecule has 0 atom stereocenters. The van der Waals surface area contributed by atoms with Gasteiger partial charge in [0.05, 0.1) is 22.7 Å². The quantitative estimate of drug-likeness (QED) is 0.797. The van der Waals surface area contributed by atoms with E-state index in [2.05, 4.69) is 4.72 Å². The van der Waals surface area contributed by atoms with Gasteiger partial charge in [0.15, 0.2) is 0 Å². The topological polar surface area (TPSA) is 75.7 Å². The first-order chi connectivity index (χ1) is 13.4. The Morgan fingerprint density at radius 3 is 2.64 bits per heavy atom. The summed E-state index contributed by atoms with van der Waals surface area (Å²) in [5, 5.41) is 0.321. The van der Waals surface area contributed by atoms with Gasteiger partial charge in [0.1, 0.15) is 5.75 Å². The molecule has 1 heterocycles. The zero-order valence-corrected chi connectivity index (χ0v) is 17.0. The number of methoxy groups -OCH3 is 1. The van der Waals surface area contributed by atoms with Crippen molar-refractivity contribution in [1.29, 1.82) is 0 Å². The number of ether oxygens (including phenoxy) is 1. The van der Waals surface area contributed by atoms with E-state index in [4.69, 9.17) is 16.3 Å². The minimum Gasteiger partial charge on any atom is -0.495 e. The number of nitrogens with zero attached hydrogens (tertiary/aromatic N) is 1. The number of anilines is 2. The smallest absolute Gasteiger partial charge is 0.261 e. The Kier molecular flexibility index (Phi) is 4.97. The van der Waals surface area contributed by atoms with Crippen LogP contribution in [0.15, 0.2) is 41.3 Å². The second kappa shape index (κ2) is 7.29. The van der Waals surface area contributed by atoms with E-state index in [0.29, 0.717) is 29.4 Å². The Morgan fingerprint density at radius 1 is 1.21 bits per heavy atom. The van der Waals surface area contributed by atoms with Crippen LogP contribution in [-0.4, -0.2) is 28.0 Å². The van der Waals surface area contributed by atoms with Gasteiger partial charge in [-0.05, 0) is 61.2 Å². The Balaban J connectivity index is 1.56. The van der Waals surface area contributed by atoms with Crippen LogP contribution in [0, 0.1) is 5.92 Å². The van der Waals surface area contributed by atoms with E-state index in [9.17, 15) is 13.2 Å². The lowest BCUT2D eigenvalue weighted by Crippen LogP contribution is -2.37. The van der Waals surface area contributed by atoms with Crippen molar-refractivity contribution in [3.8, 4) is 5.75 Å². The molecule has 28 heavy (non-hydrogen) atoms. The Morgan fingerprint density at radius 2 is 2.00 bits per heavy atom. The maximum atomic E-state index is 12.8. The molecule has 1 aliphatic heterocycles. The van der Waals surface area contributed by atoms with Gasteiger partial charge >= 0.3 is 0 Å². The molecule has 0 radical (unpaired) electrons. The number of rotatable bonds is 5. The van der Waals surface area contributed by atoms with E-state index in [0.717, 1.165) is 30.5 Å². The number of fused-ring (bicyclic) bond motifs is 1. The van der Waals surface area contributed by atoms with E-state index in [1.165, 1.54) is 13.2 Å². The molecule has 1 N–H and O–H groups in total. The molecule has 8 heteroatoms. The summed E-state index contributed by atoms with van der Waals surface area (Å²) >= 11 is 6.07. The largest absolute Gasteiger partial charge is 0.495 e. The molecule has 0 bridgehead atoms. The highest BCUT2D eigenvalue weighted by atomic mass is 35.5. The molecule has 0 spiro atoms. The summed E-state index contributed by atoms with van der Waals surface area (Å²) in [6.07, 6.45) is 3.66. The normalized spacial score (nSPS) is 16.4. The van der Waals surface area contributed by atoms with Crippen molar-refractivity contribution >= 4 is 38.9 Å². The van der Waals surface area contributed by atoms with Crippen LogP contribution in [-0.2, 0) is 21.2 Å². The zero-order chi connectivity index (χ0) is 19.9. The molecular weight excluding hydrogens is 400 g/mol. The Labute approximate surface area is 169 Å². The molecule has 2 aromatic carbocycles. The lowest BCUT2D eigenvalue weighted by atomic mass is 9.84. The molecule has 1 aliphatic carbocycles. The highest BCUT2D eigenvalue weighted by molar-refractivity contribution is 7.92. The minimum absolute atomic E-state index is 0.121. The molecule has 2 aliphatic rings.